The van der Waals surface area contributed by atoms with E-state index in [0.717, 1.165) is 0 Å². The summed E-state index contributed by atoms with van der Waals surface area (Å²) < 4.78 is 25.6. The Hall–Kier alpha value is -2.33. The molecule has 6 nitrogen and oxygen atoms in total. The number of amides is 1. The first kappa shape index (κ1) is 11.2. The molecule has 17 heavy (non-hydrogen) atoms. The number of fused-ring (bicyclic) bond motifs is 1. The second-order valence-electron chi connectivity index (χ2n) is 3.33. The van der Waals surface area contributed by atoms with Crippen LogP contribution in [0.5, 0.6) is 0 Å². The summed E-state index contributed by atoms with van der Waals surface area (Å²) in [6, 6.07) is 7.65. The van der Waals surface area contributed by atoms with Crippen LogP contribution in [0.15, 0.2) is 34.7 Å². The fourth-order valence-corrected chi connectivity index (χ4v) is 2.88. The SMILES string of the molecule is N#CC(C(N)=O)=C1NS(=O)(=O)c2ccccc21. The molecular weight excluding hydrogens is 242 g/mol. The molecule has 0 saturated carbocycles. The molecule has 7 heteroatoms. The predicted octanol–water partition coefficient (Wildman–Crippen LogP) is -0.302. The molecule has 86 valence electrons. The third kappa shape index (κ3) is 1.64. The molecule has 0 fully saturated rings. The maximum absolute atomic E-state index is 11.7. The van der Waals surface area contributed by atoms with Gasteiger partial charge in [-0.15, -0.1) is 0 Å². The van der Waals surface area contributed by atoms with Crippen LogP contribution in [0.4, 0.5) is 0 Å². The van der Waals surface area contributed by atoms with Crippen LogP contribution in [0.2, 0.25) is 0 Å². The van der Waals surface area contributed by atoms with Crippen molar-refractivity contribution in [3.05, 3.63) is 35.4 Å². The molecule has 0 unspecified atom stereocenters. The molecule has 0 aliphatic carbocycles. The highest BCUT2D eigenvalue weighted by molar-refractivity contribution is 7.90. The number of benzene rings is 1. The van der Waals surface area contributed by atoms with E-state index in [1.54, 1.807) is 18.2 Å². The Kier molecular flexibility index (Phi) is 2.37. The molecule has 0 spiro atoms. The van der Waals surface area contributed by atoms with Crippen LogP contribution in [-0.4, -0.2) is 14.3 Å². The predicted molar refractivity (Wildman–Crippen MR) is 58.5 cm³/mol. The van der Waals surface area contributed by atoms with Gasteiger partial charge in [0.2, 0.25) is 0 Å². The fraction of sp³-hybridized carbons (Fsp3) is 0. The number of nitriles is 1. The quantitative estimate of drug-likeness (QED) is 0.525. The average Bonchev–Trinajstić information content (AvgIpc) is 2.53. The molecule has 0 atom stereocenters. The van der Waals surface area contributed by atoms with Crippen LogP contribution in [-0.2, 0) is 14.8 Å². The first-order chi connectivity index (χ1) is 7.97. The minimum absolute atomic E-state index is 0.0315. The van der Waals surface area contributed by atoms with E-state index in [1.807, 2.05) is 0 Å². The van der Waals surface area contributed by atoms with E-state index in [2.05, 4.69) is 4.72 Å². The van der Waals surface area contributed by atoms with Crippen LogP contribution in [0, 0.1) is 11.3 Å². The van der Waals surface area contributed by atoms with Gasteiger partial charge in [0.05, 0.1) is 10.6 Å². The number of hydrogen-bond acceptors (Lipinski definition) is 4. The van der Waals surface area contributed by atoms with Gasteiger partial charge < -0.3 is 5.73 Å². The summed E-state index contributed by atoms with van der Waals surface area (Å²) in [5.74, 6) is -0.970. The van der Waals surface area contributed by atoms with Crippen molar-refractivity contribution >= 4 is 21.6 Å². The smallest absolute Gasteiger partial charge is 0.262 e. The maximum Gasteiger partial charge on any atom is 0.262 e. The summed E-state index contributed by atoms with van der Waals surface area (Å²) in [6.45, 7) is 0. The molecule has 0 aromatic heterocycles. The van der Waals surface area contributed by atoms with Crippen molar-refractivity contribution in [2.45, 2.75) is 4.90 Å². The third-order valence-corrected chi connectivity index (χ3v) is 3.70. The highest BCUT2D eigenvalue weighted by Crippen LogP contribution is 2.31. The Labute approximate surface area is 97.4 Å². The average molecular weight is 249 g/mol. The zero-order chi connectivity index (χ0) is 12.6. The van der Waals surface area contributed by atoms with Gasteiger partial charge in [-0.1, -0.05) is 18.2 Å². The van der Waals surface area contributed by atoms with Gasteiger partial charge in [-0.3, -0.25) is 9.52 Å². The molecule has 1 heterocycles. The minimum Gasteiger partial charge on any atom is -0.365 e. The van der Waals surface area contributed by atoms with Crippen LogP contribution in [0.3, 0.4) is 0 Å². The minimum atomic E-state index is -3.71. The zero-order valence-electron chi connectivity index (χ0n) is 8.47. The van der Waals surface area contributed by atoms with Crippen LogP contribution in [0.1, 0.15) is 5.56 Å². The summed E-state index contributed by atoms with van der Waals surface area (Å²) in [4.78, 5) is 11.1. The molecule has 0 radical (unpaired) electrons. The van der Waals surface area contributed by atoms with Crippen LogP contribution < -0.4 is 10.5 Å². The highest BCUT2D eigenvalue weighted by atomic mass is 32.2. The summed E-state index contributed by atoms with van der Waals surface area (Å²) >= 11 is 0. The molecule has 3 N–H and O–H groups in total. The van der Waals surface area contributed by atoms with Crippen molar-refractivity contribution in [3.63, 3.8) is 0 Å². The largest absolute Gasteiger partial charge is 0.365 e. The summed E-state index contributed by atoms with van der Waals surface area (Å²) in [7, 11) is -3.71. The zero-order valence-corrected chi connectivity index (χ0v) is 9.28. The summed E-state index contributed by atoms with van der Waals surface area (Å²) in [6.07, 6.45) is 0. The van der Waals surface area contributed by atoms with E-state index in [0.29, 0.717) is 0 Å². The number of carbonyl (C=O) groups is 1. The van der Waals surface area contributed by atoms with Gasteiger partial charge in [-0.25, -0.2) is 8.42 Å². The second kappa shape index (κ2) is 3.61. The number of sulfonamides is 1. The number of rotatable bonds is 1. The van der Waals surface area contributed by atoms with Crippen molar-refractivity contribution in [2.75, 3.05) is 0 Å². The van der Waals surface area contributed by atoms with Crippen molar-refractivity contribution in [1.29, 1.82) is 5.26 Å². The molecule has 0 bridgehead atoms. The Bertz CT molecular complexity index is 683. The summed E-state index contributed by atoms with van der Waals surface area (Å²) in [5.41, 5.74) is 4.84. The molecule has 1 aliphatic heterocycles. The number of carbonyl (C=O) groups excluding carboxylic acids is 1. The Balaban J connectivity index is 2.81. The monoisotopic (exact) mass is 249 g/mol. The van der Waals surface area contributed by atoms with Gasteiger partial charge >= 0.3 is 0 Å². The van der Waals surface area contributed by atoms with Crippen molar-refractivity contribution in [3.8, 4) is 6.07 Å². The third-order valence-electron chi connectivity index (χ3n) is 2.29. The van der Waals surface area contributed by atoms with E-state index in [1.165, 1.54) is 12.1 Å². The van der Waals surface area contributed by atoms with Crippen molar-refractivity contribution in [1.82, 2.24) is 4.72 Å². The lowest BCUT2D eigenvalue weighted by atomic mass is 10.1. The summed E-state index contributed by atoms with van der Waals surface area (Å²) in [5, 5.41) is 8.81. The number of nitrogens with zero attached hydrogens (tertiary/aromatic N) is 1. The van der Waals surface area contributed by atoms with Crippen molar-refractivity contribution < 1.29 is 13.2 Å². The highest BCUT2D eigenvalue weighted by Gasteiger charge is 2.32. The first-order valence-electron chi connectivity index (χ1n) is 4.54. The topological polar surface area (TPSA) is 113 Å². The standard InChI is InChI=1S/C10H7N3O3S/c11-5-7(10(12)14)9-6-3-1-2-4-8(6)17(15,16)13-9/h1-4,13H,(H2,12,14). The number of primary amides is 1. The van der Waals surface area contributed by atoms with Crippen molar-refractivity contribution in [2.24, 2.45) is 5.73 Å². The molecule has 1 aromatic rings. The molecule has 1 amide bonds. The van der Waals surface area contributed by atoms with Crippen LogP contribution in [0.25, 0.3) is 5.70 Å². The molecular formula is C10H7N3O3S. The number of hydrogen-bond donors (Lipinski definition) is 2. The van der Waals surface area contributed by atoms with E-state index in [-0.39, 0.29) is 16.2 Å². The van der Waals surface area contributed by atoms with Gasteiger partial charge in [0.15, 0.2) is 0 Å². The second-order valence-corrected chi connectivity index (χ2v) is 4.98. The lowest BCUT2D eigenvalue weighted by Crippen LogP contribution is -2.20. The van der Waals surface area contributed by atoms with Gasteiger partial charge in [0, 0.05) is 5.56 Å². The molecule has 1 aliphatic rings. The van der Waals surface area contributed by atoms with E-state index in [9.17, 15) is 13.2 Å². The lowest BCUT2D eigenvalue weighted by molar-refractivity contribution is -0.114. The number of nitrogens with two attached hydrogens (primary N) is 1. The molecule has 2 rings (SSSR count). The first-order valence-corrected chi connectivity index (χ1v) is 6.02. The Morgan fingerprint density at radius 1 is 1.35 bits per heavy atom. The van der Waals surface area contributed by atoms with Gasteiger partial charge in [0.1, 0.15) is 11.6 Å². The van der Waals surface area contributed by atoms with Gasteiger partial charge in [-0.2, -0.15) is 5.26 Å². The number of nitrogens with one attached hydrogen (secondary N) is 1. The molecule has 0 saturated heterocycles. The lowest BCUT2D eigenvalue weighted by Gasteiger charge is -2.00. The Morgan fingerprint density at radius 3 is 2.59 bits per heavy atom. The normalized spacial score (nSPS) is 18.8. The van der Waals surface area contributed by atoms with Crippen LogP contribution >= 0.6 is 0 Å². The maximum atomic E-state index is 11.7. The Morgan fingerprint density at radius 2 is 2.00 bits per heavy atom. The van der Waals surface area contributed by atoms with E-state index < -0.39 is 21.5 Å². The van der Waals surface area contributed by atoms with Gasteiger partial charge in [-0.05, 0) is 6.07 Å². The van der Waals surface area contributed by atoms with E-state index in [4.69, 9.17) is 11.0 Å². The van der Waals surface area contributed by atoms with E-state index >= 15 is 0 Å². The fourth-order valence-electron chi connectivity index (χ4n) is 1.57. The molecule has 1 aromatic carbocycles. The van der Waals surface area contributed by atoms with Gasteiger partial charge in [0.25, 0.3) is 15.9 Å².